The van der Waals surface area contributed by atoms with Gasteiger partial charge in [-0.2, -0.15) is 0 Å². The summed E-state index contributed by atoms with van der Waals surface area (Å²) < 4.78 is 21.5. The number of methoxy groups -OCH3 is 3. The molecule has 8 heteroatoms. The third-order valence-corrected chi connectivity index (χ3v) is 5.31. The molecule has 8 nitrogen and oxygen atoms in total. The zero-order valence-electron chi connectivity index (χ0n) is 18.5. The summed E-state index contributed by atoms with van der Waals surface area (Å²) in [7, 11) is 4.72. The summed E-state index contributed by atoms with van der Waals surface area (Å²) in [6.07, 6.45) is 5.05. The molecule has 2 aromatic carbocycles. The van der Waals surface area contributed by atoms with Crippen LogP contribution in [0.4, 0.5) is 0 Å². The molecule has 0 radical (unpaired) electrons. The maximum atomic E-state index is 13.0. The first kappa shape index (κ1) is 23.0. The second-order valence-corrected chi connectivity index (χ2v) is 7.30. The summed E-state index contributed by atoms with van der Waals surface area (Å²) in [5, 5.41) is 0. The Hall–Kier alpha value is -3.68. The van der Waals surface area contributed by atoms with Crippen LogP contribution < -0.4 is 24.7 Å². The van der Waals surface area contributed by atoms with Crippen LogP contribution in [-0.2, 0) is 9.59 Å². The van der Waals surface area contributed by atoms with E-state index in [1.807, 2.05) is 23.1 Å². The average Bonchev–Trinajstić information content (AvgIpc) is 3.30. The van der Waals surface area contributed by atoms with E-state index in [1.165, 1.54) is 7.11 Å². The highest BCUT2D eigenvalue weighted by Gasteiger charge is 2.31. The minimum atomic E-state index is -0.574. The molecule has 2 aromatic rings. The van der Waals surface area contributed by atoms with Crippen molar-refractivity contribution in [2.24, 2.45) is 5.73 Å². The molecular weight excluding hydrogens is 412 g/mol. The third kappa shape index (κ3) is 5.32. The number of likely N-dealkylation sites (tertiary alicyclic amines) is 1. The molecule has 32 heavy (non-hydrogen) atoms. The molecule has 1 unspecified atom stereocenters. The quantitative estimate of drug-likeness (QED) is 0.602. The van der Waals surface area contributed by atoms with Crippen molar-refractivity contribution >= 4 is 17.9 Å². The largest absolute Gasteiger partial charge is 0.497 e. The Morgan fingerprint density at radius 1 is 1.03 bits per heavy atom. The predicted octanol–water partition coefficient (Wildman–Crippen LogP) is 2.95. The van der Waals surface area contributed by atoms with Gasteiger partial charge in [-0.25, -0.2) is 0 Å². The van der Waals surface area contributed by atoms with Crippen LogP contribution in [0.25, 0.3) is 6.08 Å². The van der Waals surface area contributed by atoms with Crippen molar-refractivity contribution < 1.29 is 28.5 Å². The maximum Gasteiger partial charge on any atom is 0.255 e. The van der Waals surface area contributed by atoms with E-state index >= 15 is 0 Å². The zero-order valence-corrected chi connectivity index (χ0v) is 18.5. The molecule has 0 spiro atoms. The van der Waals surface area contributed by atoms with Gasteiger partial charge >= 0.3 is 0 Å². The fraction of sp³-hybridized carbons (Fsp3) is 0.333. The fourth-order valence-electron chi connectivity index (χ4n) is 3.77. The molecule has 1 heterocycles. The minimum absolute atomic E-state index is 0.0629. The highest BCUT2D eigenvalue weighted by molar-refractivity contribution is 5.92. The SMILES string of the molecule is COc1ccc(C2CCCN2C(=O)/C=C/c2ccc(OCC(N)=O)c(OC)c2)c(OC)c1. The number of amides is 2. The van der Waals surface area contributed by atoms with E-state index in [0.717, 1.165) is 24.0 Å². The second-order valence-electron chi connectivity index (χ2n) is 7.30. The Morgan fingerprint density at radius 2 is 1.81 bits per heavy atom. The smallest absolute Gasteiger partial charge is 0.255 e. The van der Waals surface area contributed by atoms with Crippen molar-refractivity contribution in [1.82, 2.24) is 4.90 Å². The number of carbonyl (C=O) groups excluding carboxylic acids is 2. The lowest BCUT2D eigenvalue weighted by atomic mass is 10.0. The molecule has 2 amide bonds. The summed E-state index contributed by atoms with van der Waals surface area (Å²) >= 11 is 0. The Morgan fingerprint density at radius 3 is 2.50 bits per heavy atom. The number of rotatable bonds is 9. The fourth-order valence-corrected chi connectivity index (χ4v) is 3.77. The first-order valence-electron chi connectivity index (χ1n) is 10.3. The van der Waals surface area contributed by atoms with E-state index in [4.69, 9.17) is 24.7 Å². The number of hydrogen-bond acceptors (Lipinski definition) is 6. The van der Waals surface area contributed by atoms with Crippen LogP contribution in [-0.4, -0.2) is 51.2 Å². The Balaban J connectivity index is 1.75. The number of carbonyl (C=O) groups is 2. The van der Waals surface area contributed by atoms with Crippen molar-refractivity contribution in [3.8, 4) is 23.0 Å². The summed E-state index contributed by atoms with van der Waals surface area (Å²) in [6, 6.07) is 10.8. The highest BCUT2D eigenvalue weighted by atomic mass is 16.5. The van der Waals surface area contributed by atoms with Gasteiger partial charge in [-0.1, -0.05) is 6.07 Å². The number of ether oxygens (including phenoxy) is 4. The zero-order chi connectivity index (χ0) is 23.1. The molecule has 3 rings (SSSR count). The Bertz CT molecular complexity index is 1000. The summed E-state index contributed by atoms with van der Waals surface area (Å²) in [5.74, 6) is 1.60. The van der Waals surface area contributed by atoms with E-state index < -0.39 is 5.91 Å². The normalized spacial score (nSPS) is 15.6. The molecule has 2 N–H and O–H groups in total. The monoisotopic (exact) mass is 440 g/mol. The summed E-state index contributed by atoms with van der Waals surface area (Å²) in [5.41, 5.74) is 6.84. The predicted molar refractivity (Wildman–Crippen MR) is 120 cm³/mol. The molecule has 0 saturated carbocycles. The lowest BCUT2D eigenvalue weighted by Gasteiger charge is -2.25. The molecule has 0 bridgehead atoms. The molecule has 1 aliphatic rings. The molecule has 1 saturated heterocycles. The van der Waals surface area contributed by atoms with Crippen molar-refractivity contribution in [2.45, 2.75) is 18.9 Å². The number of benzene rings is 2. The van der Waals surface area contributed by atoms with Gasteiger partial charge in [0.05, 0.1) is 27.4 Å². The van der Waals surface area contributed by atoms with Gasteiger partial charge in [0.1, 0.15) is 11.5 Å². The van der Waals surface area contributed by atoms with Gasteiger partial charge in [0, 0.05) is 24.3 Å². The average molecular weight is 440 g/mol. The van der Waals surface area contributed by atoms with E-state index in [1.54, 1.807) is 44.6 Å². The van der Waals surface area contributed by atoms with Crippen LogP contribution >= 0.6 is 0 Å². The van der Waals surface area contributed by atoms with Crippen molar-refractivity contribution in [2.75, 3.05) is 34.5 Å². The summed E-state index contributed by atoms with van der Waals surface area (Å²) in [4.78, 5) is 25.8. The van der Waals surface area contributed by atoms with Crippen LogP contribution in [0.15, 0.2) is 42.5 Å². The van der Waals surface area contributed by atoms with E-state index in [9.17, 15) is 9.59 Å². The highest BCUT2D eigenvalue weighted by Crippen LogP contribution is 2.39. The number of hydrogen-bond donors (Lipinski definition) is 1. The number of primary amides is 1. The molecule has 1 atom stereocenters. The second kappa shape index (κ2) is 10.6. The van der Waals surface area contributed by atoms with Gasteiger partial charge < -0.3 is 29.6 Å². The van der Waals surface area contributed by atoms with Gasteiger partial charge in [0.2, 0.25) is 5.91 Å². The Labute approximate surface area is 187 Å². The van der Waals surface area contributed by atoms with Crippen molar-refractivity contribution in [3.05, 3.63) is 53.6 Å². The lowest BCUT2D eigenvalue weighted by molar-refractivity contribution is -0.126. The molecule has 1 fully saturated rings. The van der Waals surface area contributed by atoms with E-state index in [2.05, 4.69) is 0 Å². The number of nitrogens with zero attached hydrogens (tertiary/aromatic N) is 1. The molecule has 0 aliphatic carbocycles. The van der Waals surface area contributed by atoms with Crippen molar-refractivity contribution in [1.29, 1.82) is 0 Å². The van der Waals surface area contributed by atoms with Gasteiger partial charge in [-0.15, -0.1) is 0 Å². The van der Waals surface area contributed by atoms with Crippen molar-refractivity contribution in [3.63, 3.8) is 0 Å². The standard InChI is InChI=1S/C24H28N2O6/c1-29-17-8-9-18(21(14-17)30-2)19-5-4-12-26(19)24(28)11-7-16-6-10-20(22(13-16)31-3)32-15-23(25)27/h6-11,13-14,19H,4-5,12,15H2,1-3H3,(H2,25,27)/b11-7+. The minimum Gasteiger partial charge on any atom is -0.497 e. The van der Waals surface area contributed by atoms with Gasteiger partial charge in [0.25, 0.3) is 5.91 Å². The van der Waals surface area contributed by atoms with Crippen LogP contribution in [0.3, 0.4) is 0 Å². The molecule has 170 valence electrons. The van der Waals surface area contributed by atoms with Crippen LogP contribution in [0, 0.1) is 0 Å². The van der Waals surface area contributed by atoms with E-state index in [0.29, 0.717) is 29.5 Å². The van der Waals surface area contributed by atoms with E-state index in [-0.39, 0.29) is 18.6 Å². The molecular formula is C24H28N2O6. The first-order valence-corrected chi connectivity index (χ1v) is 10.3. The summed E-state index contributed by atoms with van der Waals surface area (Å²) in [6.45, 7) is 0.432. The Kier molecular flexibility index (Phi) is 7.59. The third-order valence-electron chi connectivity index (χ3n) is 5.31. The van der Waals surface area contributed by atoms with Crippen LogP contribution in [0.2, 0.25) is 0 Å². The van der Waals surface area contributed by atoms with Gasteiger partial charge in [-0.3, -0.25) is 9.59 Å². The van der Waals surface area contributed by atoms with Gasteiger partial charge in [-0.05, 0) is 48.7 Å². The lowest BCUT2D eigenvalue weighted by Crippen LogP contribution is -2.29. The molecule has 1 aliphatic heterocycles. The number of nitrogens with two attached hydrogens (primary N) is 1. The van der Waals surface area contributed by atoms with Gasteiger partial charge in [0.15, 0.2) is 18.1 Å². The van der Waals surface area contributed by atoms with Crippen LogP contribution in [0.1, 0.15) is 30.0 Å². The maximum absolute atomic E-state index is 13.0. The van der Waals surface area contributed by atoms with Crippen LogP contribution in [0.5, 0.6) is 23.0 Å². The topological polar surface area (TPSA) is 100 Å². The molecule has 0 aromatic heterocycles. The first-order chi connectivity index (χ1) is 15.5.